The van der Waals surface area contributed by atoms with Crippen LogP contribution in [0.15, 0.2) is 78.1 Å². The molecular weight excluding hydrogens is 433 g/mol. The van der Waals surface area contributed by atoms with Gasteiger partial charge in [-0.05, 0) is 36.4 Å². The van der Waals surface area contributed by atoms with Gasteiger partial charge in [-0.15, -0.1) is 0 Å². The second kappa shape index (κ2) is 7.97. The molecule has 0 amide bonds. The number of H-pyrrole nitrogens is 1. The molecular formula is C23H15F3N6O. The first-order chi connectivity index (χ1) is 15.9. The molecule has 0 aliphatic heterocycles. The lowest BCUT2D eigenvalue weighted by Crippen LogP contribution is -2.29. The maximum Gasteiger partial charge on any atom is 0.412 e. The highest BCUT2D eigenvalue weighted by Crippen LogP contribution is 2.40. The van der Waals surface area contributed by atoms with Gasteiger partial charge in [0, 0.05) is 23.3 Å². The van der Waals surface area contributed by atoms with E-state index < -0.39 is 17.8 Å². The Morgan fingerprint density at radius 2 is 1.76 bits per heavy atom. The molecule has 0 saturated heterocycles. The van der Waals surface area contributed by atoms with Gasteiger partial charge in [0.15, 0.2) is 11.9 Å². The Morgan fingerprint density at radius 1 is 0.939 bits per heavy atom. The molecule has 10 heteroatoms. The zero-order chi connectivity index (χ0) is 23.0. The highest BCUT2D eigenvalue weighted by atomic mass is 19.4. The van der Waals surface area contributed by atoms with E-state index in [1.165, 1.54) is 36.9 Å². The topological polar surface area (TPSA) is 96.5 Å². The third-order valence-electron chi connectivity index (χ3n) is 5.14. The molecule has 0 bridgehead atoms. The number of aromatic nitrogens is 5. The Bertz CT molecular complexity index is 1530. The zero-order valence-electron chi connectivity index (χ0n) is 16.8. The molecule has 1 atom stereocenters. The van der Waals surface area contributed by atoms with Crippen LogP contribution < -0.4 is 10.9 Å². The molecule has 0 aliphatic rings. The number of hydrogen-bond acceptors (Lipinski definition) is 6. The van der Waals surface area contributed by atoms with Crippen LogP contribution in [0.4, 0.5) is 19.0 Å². The summed E-state index contributed by atoms with van der Waals surface area (Å²) < 4.78 is 43.3. The van der Waals surface area contributed by atoms with Gasteiger partial charge in [-0.3, -0.25) is 9.78 Å². The lowest BCUT2D eigenvalue weighted by molar-refractivity contribution is -0.143. The van der Waals surface area contributed by atoms with Crippen LogP contribution in [0.3, 0.4) is 0 Å². The summed E-state index contributed by atoms with van der Waals surface area (Å²) in [6.45, 7) is 0. The number of hydrogen-bond donors (Lipinski definition) is 2. The Labute approximate surface area is 184 Å². The molecule has 4 aromatic heterocycles. The fourth-order valence-corrected chi connectivity index (χ4v) is 3.65. The molecule has 1 aromatic carbocycles. The van der Waals surface area contributed by atoms with Crippen LogP contribution >= 0.6 is 0 Å². The summed E-state index contributed by atoms with van der Waals surface area (Å²) in [7, 11) is 0. The maximum atomic E-state index is 14.4. The van der Waals surface area contributed by atoms with E-state index in [-0.39, 0.29) is 28.2 Å². The smallest absolute Gasteiger partial charge is 0.353 e. The second-order valence-corrected chi connectivity index (χ2v) is 7.24. The molecule has 4 heterocycles. The fourth-order valence-electron chi connectivity index (χ4n) is 3.65. The Hall–Kier alpha value is -4.34. The molecule has 0 fully saturated rings. The molecule has 0 spiro atoms. The summed E-state index contributed by atoms with van der Waals surface area (Å²) in [4.78, 5) is 31.6. The third-order valence-corrected chi connectivity index (χ3v) is 5.14. The van der Waals surface area contributed by atoms with E-state index in [4.69, 9.17) is 0 Å². The van der Waals surface area contributed by atoms with Crippen LogP contribution in [0.5, 0.6) is 0 Å². The molecule has 0 saturated carbocycles. The third kappa shape index (κ3) is 3.86. The van der Waals surface area contributed by atoms with Crippen molar-refractivity contribution in [3.05, 3.63) is 89.2 Å². The highest BCUT2D eigenvalue weighted by Gasteiger charge is 2.43. The number of anilines is 1. The van der Waals surface area contributed by atoms with Crippen molar-refractivity contribution in [2.24, 2.45) is 0 Å². The number of aromatic amines is 1. The predicted octanol–water partition coefficient (Wildman–Crippen LogP) is 4.64. The van der Waals surface area contributed by atoms with Crippen molar-refractivity contribution in [1.29, 1.82) is 0 Å². The molecule has 0 aliphatic carbocycles. The molecule has 0 radical (unpaired) electrons. The summed E-state index contributed by atoms with van der Waals surface area (Å²) in [5.41, 5.74) is 0.262. The first-order valence-electron chi connectivity index (χ1n) is 9.88. The van der Waals surface area contributed by atoms with Crippen LogP contribution in [0.25, 0.3) is 33.2 Å². The van der Waals surface area contributed by atoms with Crippen LogP contribution in [-0.2, 0) is 0 Å². The quantitative estimate of drug-likeness (QED) is 0.416. The minimum atomic E-state index is -4.74. The number of rotatable bonds is 4. The van der Waals surface area contributed by atoms with Crippen molar-refractivity contribution in [1.82, 2.24) is 24.9 Å². The van der Waals surface area contributed by atoms with E-state index in [1.54, 1.807) is 36.4 Å². The average molecular weight is 448 g/mol. The standard InChI is InChI=1S/C23H15F3N6O/c24-23(25,26)20(32-21-19-17(29-12-30-21)8-4-9-27-19)15-11-13-5-1-2-7-16(13)31-18(15)14-6-3-10-28-22(14)33/h1-12,20H,(H,28,33)(H,29,30,32)/t20-/m1/s1. The van der Waals surface area contributed by atoms with E-state index in [0.29, 0.717) is 16.4 Å². The average Bonchev–Trinajstić information content (AvgIpc) is 2.81. The van der Waals surface area contributed by atoms with Crippen molar-refractivity contribution < 1.29 is 13.2 Å². The normalized spacial score (nSPS) is 12.7. The number of nitrogens with one attached hydrogen (secondary N) is 2. The number of nitrogens with zero attached hydrogens (tertiary/aromatic N) is 4. The van der Waals surface area contributed by atoms with Gasteiger partial charge < -0.3 is 10.3 Å². The zero-order valence-corrected chi connectivity index (χ0v) is 16.8. The van der Waals surface area contributed by atoms with Crippen molar-refractivity contribution in [3.63, 3.8) is 0 Å². The molecule has 5 rings (SSSR count). The van der Waals surface area contributed by atoms with Crippen LogP contribution in [0.1, 0.15) is 11.6 Å². The summed E-state index contributed by atoms with van der Waals surface area (Å²) in [5, 5.41) is 2.99. The predicted molar refractivity (Wildman–Crippen MR) is 118 cm³/mol. The minimum absolute atomic E-state index is 0.0278. The van der Waals surface area contributed by atoms with Gasteiger partial charge in [-0.2, -0.15) is 13.2 Å². The van der Waals surface area contributed by atoms with Gasteiger partial charge >= 0.3 is 6.18 Å². The molecule has 33 heavy (non-hydrogen) atoms. The van der Waals surface area contributed by atoms with Gasteiger partial charge in [-0.1, -0.05) is 18.2 Å². The number of halogens is 3. The molecule has 5 aromatic rings. The summed E-state index contributed by atoms with van der Waals surface area (Å²) >= 11 is 0. The van der Waals surface area contributed by atoms with E-state index >= 15 is 0 Å². The van der Waals surface area contributed by atoms with Gasteiger partial charge in [0.2, 0.25) is 0 Å². The lowest BCUT2D eigenvalue weighted by Gasteiger charge is -2.25. The van der Waals surface area contributed by atoms with Crippen LogP contribution in [0.2, 0.25) is 0 Å². The molecule has 2 N–H and O–H groups in total. The molecule has 7 nitrogen and oxygen atoms in total. The number of benzene rings is 1. The van der Waals surface area contributed by atoms with Crippen molar-refractivity contribution in [3.8, 4) is 11.3 Å². The van der Waals surface area contributed by atoms with Crippen molar-refractivity contribution in [2.45, 2.75) is 12.2 Å². The van der Waals surface area contributed by atoms with E-state index in [0.717, 1.165) is 0 Å². The van der Waals surface area contributed by atoms with Gasteiger partial charge in [0.25, 0.3) is 5.56 Å². The van der Waals surface area contributed by atoms with E-state index in [1.807, 2.05) is 0 Å². The number of para-hydroxylation sites is 1. The van der Waals surface area contributed by atoms with Gasteiger partial charge in [0.05, 0.1) is 22.3 Å². The molecule has 164 valence electrons. The number of alkyl halides is 3. The van der Waals surface area contributed by atoms with Gasteiger partial charge in [0.1, 0.15) is 11.8 Å². The monoisotopic (exact) mass is 448 g/mol. The Morgan fingerprint density at radius 3 is 2.58 bits per heavy atom. The lowest BCUT2D eigenvalue weighted by atomic mass is 9.97. The van der Waals surface area contributed by atoms with Crippen LogP contribution in [0, 0.1) is 0 Å². The minimum Gasteiger partial charge on any atom is -0.353 e. The molecule has 0 unspecified atom stereocenters. The van der Waals surface area contributed by atoms with Crippen molar-refractivity contribution >= 4 is 27.8 Å². The summed E-state index contributed by atoms with van der Waals surface area (Å²) in [6.07, 6.45) is -0.718. The largest absolute Gasteiger partial charge is 0.412 e. The highest BCUT2D eigenvalue weighted by molar-refractivity contribution is 5.86. The van der Waals surface area contributed by atoms with Crippen LogP contribution in [-0.4, -0.2) is 31.1 Å². The van der Waals surface area contributed by atoms with E-state index in [9.17, 15) is 18.0 Å². The first-order valence-corrected chi connectivity index (χ1v) is 9.88. The SMILES string of the molecule is O=c1[nH]cccc1-c1nc2ccccc2cc1[C@@H](Nc1ncnc2cccnc12)C(F)(F)F. The first kappa shape index (κ1) is 20.6. The second-order valence-electron chi connectivity index (χ2n) is 7.24. The van der Waals surface area contributed by atoms with E-state index in [2.05, 4.69) is 30.2 Å². The van der Waals surface area contributed by atoms with Crippen molar-refractivity contribution in [2.75, 3.05) is 5.32 Å². The van der Waals surface area contributed by atoms with Gasteiger partial charge in [-0.25, -0.2) is 15.0 Å². The Kier molecular flexibility index (Phi) is 4.97. The Balaban J connectivity index is 1.75. The number of fused-ring (bicyclic) bond motifs is 2. The summed E-state index contributed by atoms with van der Waals surface area (Å²) in [6, 6.07) is 12.2. The fraction of sp³-hybridized carbons (Fsp3) is 0.0870. The maximum absolute atomic E-state index is 14.4. The summed E-state index contributed by atoms with van der Waals surface area (Å²) in [5.74, 6) is -0.0796. The number of pyridine rings is 3.